The van der Waals surface area contributed by atoms with Crippen LogP contribution in [0.4, 0.5) is 0 Å². The average Bonchev–Trinajstić information content (AvgIpc) is 2.67. The molecule has 0 aliphatic rings. The number of amides is 1. The Morgan fingerprint density at radius 1 is 1.79 bits per heavy atom. The third-order valence-electron chi connectivity index (χ3n) is 1.89. The van der Waals surface area contributed by atoms with Crippen LogP contribution < -0.4 is 5.32 Å². The molecular weight excluding hydrogens is 182 g/mol. The van der Waals surface area contributed by atoms with E-state index >= 15 is 0 Å². The maximum absolute atomic E-state index is 11.5. The van der Waals surface area contributed by atoms with Crippen LogP contribution in [-0.2, 0) is 4.74 Å². The summed E-state index contributed by atoms with van der Waals surface area (Å²) >= 11 is 0. The molecule has 1 unspecified atom stereocenters. The molecule has 1 rings (SSSR count). The second-order valence-electron chi connectivity index (χ2n) is 3.14. The number of hydrogen-bond donors (Lipinski definition) is 2. The highest BCUT2D eigenvalue weighted by atomic mass is 16.5. The molecule has 1 atom stereocenters. The number of aromatic amines is 1. The van der Waals surface area contributed by atoms with Gasteiger partial charge >= 0.3 is 0 Å². The van der Waals surface area contributed by atoms with Gasteiger partial charge in [0, 0.05) is 26.0 Å². The number of rotatable bonds is 5. The van der Waals surface area contributed by atoms with Gasteiger partial charge in [0.15, 0.2) is 0 Å². The number of nitrogens with zero attached hydrogens (tertiary/aromatic N) is 1. The molecule has 0 aliphatic heterocycles. The summed E-state index contributed by atoms with van der Waals surface area (Å²) < 4.78 is 4.91. The fourth-order valence-electron chi connectivity index (χ4n) is 1.05. The normalized spacial score (nSPS) is 12.4. The third kappa shape index (κ3) is 3.18. The highest BCUT2D eigenvalue weighted by Crippen LogP contribution is 1.97. The monoisotopic (exact) mass is 197 g/mol. The zero-order chi connectivity index (χ0) is 10.4. The lowest BCUT2D eigenvalue weighted by Crippen LogP contribution is -2.33. The maximum atomic E-state index is 11.5. The van der Waals surface area contributed by atoms with Crippen molar-refractivity contribution in [3.63, 3.8) is 0 Å². The van der Waals surface area contributed by atoms with E-state index in [1.807, 2.05) is 6.92 Å². The number of nitrogens with one attached hydrogen (secondary N) is 2. The van der Waals surface area contributed by atoms with Crippen LogP contribution in [-0.4, -0.2) is 35.9 Å². The van der Waals surface area contributed by atoms with Crippen molar-refractivity contribution >= 4 is 5.91 Å². The van der Waals surface area contributed by atoms with Gasteiger partial charge in [-0.1, -0.05) is 0 Å². The van der Waals surface area contributed by atoms with Crippen molar-refractivity contribution in [2.24, 2.45) is 0 Å². The minimum absolute atomic E-state index is 0.109. The molecule has 1 amide bonds. The number of aromatic nitrogens is 2. The van der Waals surface area contributed by atoms with Crippen molar-refractivity contribution in [2.75, 3.05) is 13.7 Å². The van der Waals surface area contributed by atoms with Crippen LogP contribution in [0, 0.1) is 0 Å². The Balaban J connectivity index is 2.34. The van der Waals surface area contributed by atoms with Crippen LogP contribution >= 0.6 is 0 Å². The predicted molar refractivity (Wildman–Crippen MR) is 52.0 cm³/mol. The van der Waals surface area contributed by atoms with Crippen LogP contribution in [0.1, 0.15) is 23.7 Å². The topological polar surface area (TPSA) is 67.0 Å². The first kappa shape index (κ1) is 10.7. The molecule has 0 saturated carbocycles. The van der Waals surface area contributed by atoms with Crippen molar-refractivity contribution in [1.82, 2.24) is 15.5 Å². The highest BCUT2D eigenvalue weighted by molar-refractivity contribution is 5.93. The first-order valence-electron chi connectivity index (χ1n) is 4.52. The number of methoxy groups -OCH3 is 1. The Labute approximate surface area is 82.8 Å². The van der Waals surface area contributed by atoms with Gasteiger partial charge in [-0.05, 0) is 13.3 Å². The molecule has 1 heterocycles. The molecule has 0 aromatic carbocycles. The van der Waals surface area contributed by atoms with Crippen molar-refractivity contribution in [1.29, 1.82) is 0 Å². The smallest absolute Gasteiger partial charge is 0.254 e. The molecule has 1 aromatic rings. The van der Waals surface area contributed by atoms with E-state index in [4.69, 9.17) is 4.74 Å². The van der Waals surface area contributed by atoms with Gasteiger partial charge in [0.05, 0.1) is 11.8 Å². The zero-order valence-electron chi connectivity index (χ0n) is 8.41. The molecule has 0 saturated heterocycles. The van der Waals surface area contributed by atoms with Crippen molar-refractivity contribution in [3.8, 4) is 0 Å². The van der Waals surface area contributed by atoms with E-state index in [0.717, 1.165) is 6.42 Å². The van der Waals surface area contributed by atoms with Crippen LogP contribution in [0.5, 0.6) is 0 Å². The SMILES string of the molecule is COCCC(C)NC(=O)c1cn[nH]c1. The molecule has 1 aromatic heterocycles. The Kier molecular flexibility index (Phi) is 4.12. The quantitative estimate of drug-likeness (QED) is 0.725. The number of ether oxygens (including phenoxy) is 1. The van der Waals surface area contributed by atoms with Crippen molar-refractivity contribution in [2.45, 2.75) is 19.4 Å². The van der Waals surface area contributed by atoms with Gasteiger partial charge in [-0.3, -0.25) is 9.89 Å². The molecule has 5 nitrogen and oxygen atoms in total. The highest BCUT2D eigenvalue weighted by Gasteiger charge is 2.09. The Morgan fingerprint density at radius 2 is 2.57 bits per heavy atom. The summed E-state index contributed by atoms with van der Waals surface area (Å²) in [5.74, 6) is -0.109. The van der Waals surface area contributed by atoms with Gasteiger partial charge in [-0.2, -0.15) is 5.10 Å². The van der Waals surface area contributed by atoms with Gasteiger partial charge in [0.25, 0.3) is 5.91 Å². The second-order valence-corrected chi connectivity index (χ2v) is 3.14. The minimum atomic E-state index is -0.109. The van der Waals surface area contributed by atoms with Crippen molar-refractivity contribution < 1.29 is 9.53 Å². The van der Waals surface area contributed by atoms with E-state index in [-0.39, 0.29) is 11.9 Å². The molecule has 0 aliphatic carbocycles. The Hall–Kier alpha value is -1.36. The largest absolute Gasteiger partial charge is 0.385 e. The third-order valence-corrected chi connectivity index (χ3v) is 1.89. The second kappa shape index (κ2) is 5.39. The lowest BCUT2D eigenvalue weighted by Gasteiger charge is -2.11. The minimum Gasteiger partial charge on any atom is -0.385 e. The maximum Gasteiger partial charge on any atom is 0.254 e. The number of hydrogen-bond acceptors (Lipinski definition) is 3. The summed E-state index contributed by atoms with van der Waals surface area (Å²) in [6.07, 6.45) is 3.87. The van der Waals surface area contributed by atoms with Crippen molar-refractivity contribution in [3.05, 3.63) is 18.0 Å². The van der Waals surface area contributed by atoms with Crippen LogP contribution in [0.3, 0.4) is 0 Å². The standard InChI is InChI=1S/C9H15N3O2/c1-7(3-4-14-2)12-9(13)8-5-10-11-6-8/h5-7H,3-4H2,1-2H3,(H,10,11)(H,12,13). The first-order valence-corrected chi connectivity index (χ1v) is 4.52. The summed E-state index contributed by atoms with van der Waals surface area (Å²) in [4.78, 5) is 11.5. The average molecular weight is 197 g/mol. The first-order chi connectivity index (χ1) is 6.74. The molecule has 0 fully saturated rings. The molecule has 2 N–H and O–H groups in total. The van der Waals surface area contributed by atoms with Gasteiger partial charge in [-0.15, -0.1) is 0 Å². The van der Waals surface area contributed by atoms with Crippen LogP contribution in [0.2, 0.25) is 0 Å². The van der Waals surface area contributed by atoms with Gasteiger partial charge in [0.1, 0.15) is 0 Å². The van der Waals surface area contributed by atoms with E-state index in [1.165, 1.54) is 6.20 Å². The van der Waals surface area contributed by atoms with Gasteiger partial charge < -0.3 is 10.1 Å². The molecule has 14 heavy (non-hydrogen) atoms. The summed E-state index contributed by atoms with van der Waals surface area (Å²) in [5.41, 5.74) is 0.550. The molecular formula is C9H15N3O2. The van der Waals surface area contributed by atoms with E-state index in [2.05, 4.69) is 15.5 Å². The number of carbonyl (C=O) groups is 1. The van der Waals surface area contributed by atoms with E-state index < -0.39 is 0 Å². The number of carbonyl (C=O) groups excluding carboxylic acids is 1. The molecule has 0 radical (unpaired) electrons. The Morgan fingerprint density at radius 3 is 3.14 bits per heavy atom. The zero-order valence-corrected chi connectivity index (χ0v) is 8.41. The molecule has 0 spiro atoms. The molecule has 78 valence electrons. The fourth-order valence-corrected chi connectivity index (χ4v) is 1.05. The van der Waals surface area contributed by atoms with E-state index in [9.17, 15) is 4.79 Å². The molecule has 0 bridgehead atoms. The van der Waals surface area contributed by atoms with E-state index in [0.29, 0.717) is 12.2 Å². The van der Waals surface area contributed by atoms with Gasteiger partial charge in [-0.25, -0.2) is 0 Å². The summed E-state index contributed by atoms with van der Waals surface area (Å²) in [6, 6.07) is 0.109. The lowest BCUT2D eigenvalue weighted by molar-refractivity contribution is 0.0929. The van der Waals surface area contributed by atoms with Crippen LogP contribution in [0.25, 0.3) is 0 Å². The lowest BCUT2D eigenvalue weighted by atomic mass is 10.2. The molecule has 5 heteroatoms. The van der Waals surface area contributed by atoms with Gasteiger partial charge in [0.2, 0.25) is 0 Å². The summed E-state index contributed by atoms with van der Waals surface area (Å²) in [7, 11) is 1.64. The fraction of sp³-hybridized carbons (Fsp3) is 0.556. The predicted octanol–water partition coefficient (Wildman–Crippen LogP) is 0.564. The Bertz CT molecular complexity index is 272. The van der Waals surface area contributed by atoms with Crippen LogP contribution in [0.15, 0.2) is 12.4 Å². The summed E-state index contributed by atoms with van der Waals surface area (Å²) in [6.45, 7) is 2.59. The van der Waals surface area contributed by atoms with E-state index in [1.54, 1.807) is 13.3 Å². The summed E-state index contributed by atoms with van der Waals surface area (Å²) in [5, 5.41) is 9.13. The number of H-pyrrole nitrogens is 1.